The Bertz CT molecular complexity index is 3090. The lowest BCUT2D eigenvalue weighted by Crippen LogP contribution is -2.26. The van der Waals surface area contributed by atoms with Crippen molar-refractivity contribution in [2.45, 2.75) is 5.41 Å². The summed E-state index contributed by atoms with van der Waals surface area (Å²) in [7, 11) is 0. The zero-order valence-electron chi connectivity index (χ0n) is 29.9. The summed E-state index contributed by atoms with van der Waals surface area (Å²) in [5.74, 6) is 1.83. The van der Waals surface area contributed by atoms with Crippen LogP contribution in [0.5, 0.6) is 0 Å². The average molecular weight is 700 g/mol. The highest BCUT2D eigenvalue weighted by molar-refractivity contribution is 6.11. The Kier molecular flexibility index (Phi) is 6.29. The van der Waals surface area contributed by atoms with Crippen molar-refractivity contribution in [1.29, 1.82) is 0 Å². The van der Waals surface area contributed by atoms with Crippen molar-refractivity contribution in [1.82, 2.24) is 4.57 Å². The molecule has 0 amide bonds. The molecule has 0 N–H and O–H groups in total. The van der Waals surface area contributed by atoms with Crippen LogP contribution in [0, 0.1) is 0 Å². The largest absolute Gasteiger partial charge is 0.455 e. The fourth-order valence-corrected chi connectivity index (χ4v) is 9.82. The van der Waals surface area contributed by atoms with Crippen LogP contribution in [0.25, 0.3) is 83.5 Å². The van der Waals surface area contributed by atoms with Gasteiger partial charge in [0.15, 0.2) is 0 Å². The molecule has 0 saturated heterocycles. The summed E-state index contributed by atoms with van der Waals surface area (Å²) in [6.45, 7) is 0. The molecule has 12 rings (SSSR count). The Morgan fingerprint density at radius 3 is 1.62 bits per heavy atom. The molecule has 256 valence electrons. The molecular weight excluding hydrogens is 667 g/mol. The summed E-state index contributed by atoms with van der Waals surface area (Å²) in [5, 5.41) is 2.49. The van der Waals surface area contributed by atoms with Gasteiger partial charge in [0, 0.05) is 38.7 Å². The van der Waals surface area contributed by atoms with Crippen LogP contribution in [0.15, 0.2) is 205 Å². The van der Waals surface area contributed by atoms with Crippen molar-refractivity contribution < 1.29 is 4.42 Å². The molecule has 0 radical (unpaired) electrons. The molecule has 0 atom stereocenters. The third-order valence-corrected chi connectivity index (χ3v) is 12.0. The SMILES string of the molecule is c1ccc(-c2ccc3c(c2)c2ccccc2n3-c2ccc3c(c2)C2(c4ccccc4-c4ccccc42)c2c(-c4ccccc4)oc(-c4ccccc4)c2-3)cc1. The molecule has 2 aromatic heterocycles. The van der Waals surface area contributed by atoms with Crippen molar-refractivity contribution in [3.05, 3.63) is 222 Å². The molecule has 0 saturated carbocycles. The number of hydrogen-bond donors (Lipinski definition) is 0. The van der Waals surface area contributed by atoms with E-state index in [2.05, 4.69) is 205 Å². The van der Waals surface area contributed by atoms with Gasteiger partial charge in [0.05, 0.1) is 16.4 Å². The molecule has 0 unspecified atom stereocenters. The van der Waals surface area contributed by atoms with Gasteiger partial charge in [-0.1, -0.05) is 170 Å². The summed E-state index contributed by atoms with van der Waals surface area (Å²) < 4.78 is 9.66. The lowest BCUT2D eigenvalue weighted by atomic mass is 9.70. The van der Waals surface area contributed by atoms with Crippen molar-refractivity contribution in [3.8, 4) is 61.7 Å². The first kappa shape index (κ1) is 30.3. The zero-order valence-corrected chi connectivity index (χ0v) is 29.9. The molecule has 2 aliphatic rings. The fourth-order valence-electron chi connectivity index (χ4n) is 9.82. The molecular formula is C53H33NO. The molecule has 2 heteroatoms. The molecule has 2 aliphatic carbocycles. The third-order valence-electron chi connectivity index (χ3n) is 12.0. The van der Waals surface area contributed by atoms with Crippen LogP contribution in [0.3, 0.4) is 0 Å². The van der Waals surface area contributed by atoms with E-state index in [4.69, 9.17) is 4.42 Å². The molecule has 8 aromatic carbocycles. The highest BCUT2D eigenvalue weighted by atomic mass is 16.3. The predicted molar refractivity (Wildman–Crippen MR) is 226 cm³/mol. The number of rotatable bonds is 4. The topological polar surface area (TPSA) is 18.1 Å². The van der Waals surface area contributed by atoms with Gasteiger partial charge in [0.1, 0.15) is 11.5 Å². The maximum atomic E-state index is 7.19. The van der Waals surface area contributed by atoms with Crippen LogP contribution in [-0.2, 0) is 5.41 Å². The van der Waals surface area contributed by atoms with E-state index >= 15 is 0 Å². The molecule has 2 nitrogen and oxygen atoms in total. The normalized spacial score (nSPS) is 13.2. The number of benzene rings is 8. The molecule has 2 heterocycles. The van der Waals surface area contributed by atoms with Crippen LogP contribution in [-0.4, -0.2) is 4.57 Å². The summed E-state index contributed by atoms with van der Waals surface area (Å²) in [4.78, 5) is 0. The van der Waals surface area contributed by atoms with E-state index in [1.54, 1.807) is 0 Å². The first-order chi connectivity index (χ1) is 27.3. The van der Waals surface area contributed by atoms with E-state index in [1.807, 2.05) is 0 Å². The smallest absolute Gasteiger partial charge is 0.142 e. The summed E-state index contributed by atoms with van der Waals surface area (Å²) in [6.07, 6.45) is 0. The Hall–Kier alpha value is -7.16. The first-order valence-electron chi connectivity index (χ1n) is 19.0. The minimum Gasteiger partial charge on any atom is -0.455 e. The van der Waals surface area contributed by atoms with Crippen LogP contribution in [0.4, 0.5) is 0 Å². The molecule has 55 heavy (non-hydrogen) atoms. The van der Waals surface area contributed by atoms with Gasteiger partial charge in [-0.2, -0.15) is 0 Å². The van der Waals surface area contributed by atoms with E-state index < -0.39 is 5.41 Å². The second kappa shape index (κ2) is 11.4. The highest BCUT2D eigenvalue weighted by Gasteiger charge is 2.55. The monoisotopic (exact) mass is 699 g/mol. The second-order valence-corrected chi connectivity index (χ2v) is 14.8. The molecule has 0 aliphatic heterocycles. The first-order valence-corrected chi connectivity index (χ1v) is 19.0. The number of furan rings is 1. The molecule has 0 fully saturated rings. The van der Waals surface area contributed by atoms with E-state index in [0.29, 0.717) is 0 Å². The molecule has 1 spiro atoms. The van der Waals surface area contributed by atoms with E-state index in [1.165, 1.54) is 77.4 Å². The number of fused-ring (bicyclic) bond motifs is 13. The second-order valence-electron chi connectivity index (χ2n) is 14.8. The van der Waals surface area contributed by atoms with Crippen molar-refractivity contribution in [2.24, 2.45) is 0 Å². The Morgan fingerprint density at radius 1 is 0.364 bits per heavy atom. The fraction of sp³-hybridized carbons (Fsp3) is 0.0189. The number of aromatic nitrogens is 1. The number of para-hydroxylation sites is 1. The average Bonchev–Trinajstić information content (AvgIpc) is 3.98. The van der Waals surface area contributed by atoms with Gasteiger partial charge in [-0.3, -0.25) is 0 Å². The van der Waals surface area contributed by atoms with Gasteiger partial charge in [-0.05, 0) is 74.8 Å². The van der Waals surface area contributed by atoms with Crippen molar-refractivity contribution in [2.75, 3.05) is 0 Å². The van der Waals surface area contributed by atoms with E-state index in [9.17, 15) is 0 Å². The summed E-state index contributed by atoms with van der Waals surface area (Å²) in [5.41, 5.74) is 17.5. The van der Waals surface area contributed by atoms with Gasteiger partial charge < -0.3 is 8.98 Å². The minimum absolute atomic E-state index is 0.602. The van der Waals surface area contributed by atoms with Crippen molar-refractivity contribution >= 4 is 21.8 Å². The summed E-state index contributed by atoms with van der Waals surface area (Å²) in [6, 6.07) is 72.9. The van der Waals surface area contributed by atoms with Gasteiger partial charge in [0.25, 0.3) is 0 Å². The molecule has 0 bridgehead atoms. The quantitative estimate of drug-likeness (QED) is 0.179. The van der Waals surface area contributed by atoms with Crippen LogP contribution in [0.2, 0.25) is 0 Å². The minimum atomic E-state index is -0.602. The van der Waals surface area contributed by atoms with Gasteiger partial charge >= 0.3 is 0 Å². The highest BCUT2D eigenvalue weighted by Crippen LogP contribution is 2.67. The molecule has 10 aromatic rings. The van der Waals surface area contributed by atoms with Crippen LogP contribution < -0.4 is 0 Å². The van der Waals surface area contributed by atoms with Crippen molar-refractivity contribution in [3.63, 3.8) is 0 Å². The predicted octanol–water partition coefficient (Wildman–Crippen LogP) is 13.7. The van der Waals surface area contributed by atoms with E-state index in [-0.39, 0.29) is 0 Å². The Balaban J connectivity index is 1.20. The maximum absolute atomic E-state index is 7.19. The number of hydrogen-bond acceptors (Lipinski definition) is 1. The lowest BCUT2D eigenvalue weighted by molar-refractivity contribution is 0.588. The van der Waals surface area contributed by atoms with Gasteiger partial charge in [-0.25, -0.2) is 0 Å². The van der Waals surface area contributed by atoms with E-state index in [0.717, 1.165) is 28.3 Å². The Morgan fingerprint density at radius 2 is 0.927 bits per heavy atom. The number of nitrogens with zero attached hydrogens (tertiary/aromatic N) is 1. The van der Waals surface area contributed by atoms with Gasteiger partial charge in [0.2, 0.25) is 0 Å². The Labute approximate surface area is 319 Å². The van der Waals surface area contributed by atoms with Crippen LogP contribution >= 0.6 is 0 Å². The van der Waals surface area contributed by atoms with Gasteiger partial charge in [-0.15, -0.1) is 0 Å². The summed E-state index contributed by atoms with van der Waals surface area (Å²) >= 11 is 0. The van der Waals surface area contributed by atoms with Crippen LogP contribution in [0.1, 0.15) is 22.3 Å². The third kappa shape index (κ3) is 4.08. The standard InChI is InChI=1S/C53H33NO/c1-4-16-34(17-5-1)37-28-31-48-43(32-37)41-24-12-15-27-47(41)54(48)38-29-30-42-46(33-38)53(44-25-13-10-22-39(44)40-23-11-14-26-45(40)53)50-49(42)51(35-18-6-2-7-19-35)55-52(50)36-20-8-3-9-21-36/h1-33H. The lowest BCUT2D eigenvalue weighted by Gasteiger charge is -2.31. The maximum Gasteiger partial charge on any atom is 0.142 e. The zero-order chi connectivity index (χ0) is 36.1.